The van der Waals surface area contributed by atoms with Crippen LogP contribution in [0.15, 0.2) is 67.3 Å². The lowest BCUT2D eigenvalue weighted by Crippen LogP contribution is -2.27. The maximum atomic E-state index is 12.4. The van der Waals surface area contributed by atoms with Crippen LogP contribution in [0.2, 0.25) is 0 Å². The third-order valence-corrected chi connectivity index (χ3v) is 4.60. The summed E-state index contributed by atoms with van der Waals surface area (Å²) in [5.74, 6) is -0.0545. The Bertz CT molecular complexity index is 797. The van der Waals surface area contributed by atoms with Crippen LogP contribution in [0.5, 0.6) is 0 Å². The van der Waals surface area contributed by atoms with E-state index < -0.39 is 0 Å². The van der Waals surface area contributed by atoms with Crippen molar-refractivity contribution in [3.63, 3.8) is 0 Å². The summed E-state index contributed by atoms with van der Waals surface area (Å²) in [6.45, 7) is 1.99. The van der Waals surface area contributed by atoms with Crippen molar-refractivity contribution in [3.8, 4) is 5.69 Å². The van der Waals surface area contributed by atoms with E-state index in [2.05, 4.69) is 32.9 Å². The second-order valence-corrected chi connectivity index (χ2v) is 6.40. The molecule has 0 saturated heterocycles. The van der Waals surface area contributed by atoms with Gasteiger partial charge in [-0.15, -0.1) is 0 Å². The van der Waals surface area contributed by atoms with E-state index in [0.717, 1.165) is 14.8 Å². The molecule has 0 spiro atoms. The van der Waals surface area contributed by atoms with Gasteiger partial charge < -0.3 is 9.88 Å². The topological polar surface area (TPSA) is 46.9 Å². The van der Waals surface area contributed by atoms with Crippen LogP contribution in [-0.4, -0.2) is 15.5 Å². The SMILES string of the molecule is CC(NC(=O)c1ccccc1I)c1ccc(-n2ccnc2)cc1. The Labute approximate surface area is 148 Å². The van der Waals surface area contributed by atoms with E-state index in [1.54, 1.807) is 12.5 Å². The van der Waals surface area contributed by atoms with Crippen LogP contribution in [0.1, 0.15) is 28.9 Å². The molecule has 1 unspecified atom stereocenters. The Morgan fingerprint density at radius 2 is 1.91 bits per heavy atom. The fourth-order valence-electron chi connectivity index (χ4n) is 2.35. The van der Waals surface area contributed by atoms with Crippen LogP contribution in [0.25, 0.3) is 5.69 Å². The number of amides is 1. The summed E-state index contributed by atoms with van der Waals surface area (Å²) in [7, 11) is 0. The third kappa shape index (κ3) is 3.61. The van der Waals surface area contributed by atoms with Crippen LogP contribution >= 0.6 is 22.6 Å². The fraction of sp³-hybridized carbons (Fsp3) is 0.111. The number of benzene rings is 2. The molecular formula is C18H16IN3O. The monoisotopic (exact) mass is 417 g/mol. The molecule has 23 heavy (non-hydrogen) atoms. The highest BCUT2D eigenvalue weighted by atomic mass is 127. The quantitative estimate of drug-likeness (QED) is 0.654. The van der Waals surface area contributed by atoms with Crippen molar-refractivity contribution >= 4 is 28.5 Å². The van der Waals surface area contributed by atoms with Crippen molar-refractivity contribution in [3.05, 3.63) is 81.9 Å². The first-order chi connectivity index (χ1) is 11.1. The summed E-state index contributed by atoms with van der Waals surface area (Å²) in [4.78, 5) is 16.4. The normalized spacial score (nSPS) is 11.9. The van der Waals surface area contributed by atoms with Crippen molar-refractivity contribution in [2.24, 2.45) is 0 Å². The van der Waals surface area contributed by atoms with Crippen LogP contribution in [0, 0.1) is 3.57 Å². The fourth-order valence-corrected chi connectivity index (χ4v) is 2.98. The number of halogens is 1. The molecule has 0 aliphatic rings. The van der Waals surface area contributed by atoms with Gasteiger partial charge in [0.1, 0.15) is 0 Å². The van der Waals surface area contributed by atoms with Crippen LogP contribution in [0.3, 0.4) is 0 Å². The molecule has 0 bridgehead atoms. The number of nitrogens with zero attached hydrogens (tertiary/aromatic N) is 2. The predicted octanol–water partition coefficient (Wildman–Crippen LogP) is 3.97. The molecule has 5 heteroatoms. The van der Waals surface area contributed by atoms with E-state index in [1.807, 2.05) is 66.2 Å². The number of nitrogens with one attached hydrogen (secondary N) is 1. The zero-order valence-electron chi connectivity index (χ0n) is 12.6. The molecule has 0 aliphatic carbocycles. The molecule has 116 valence electrons. The van der Waals surface area contributed by atoms with Crippen LogP contribution in [0.4, 0.5) is 0 Å². The highest BCUT2D eigenvalue weighted by Crippen LogP contribution is 2.17. The molecule has 0 saturated carbocycles. The lowest BCUT2D eigenvalue weighted by atomic mass is 10.1. The summed E-state index contributed by atoms with van der Waals surface area (Å²) < 4.78 is 2.89. The van der Waals surface area contributed by atoms with Gasteiger partial charge >= 0.3 is 0 Å². The Balaban J connectivity index is 1.72. The van der Waals surface area contributed by atoms with E-state index in [0.29, 0.717) is 5.56 Å². The van der Waals surface area contributed by atoms with Crippen molar-refractivity contribution in [1.82, 2.24) is 14.9 Å². The molecule has 1 heterocycles. The largest absolute Gasteiger partial charge is 0.345 e. The summed E-state index contributed by atoms with van der Waals surface area (Å²) in [6.07, 6.45) is 5.41. The van der Waals surface area contributed by atoms with Gasteiger partial charge in [-0.25, -0.2) is 4.98 Å². The van der Waals surface area contributed by atoms with Gasteiger partial charge in [0.2, 0.25) is 0 Å². The van der Waals surface area contributed by atoms with Gasteiger partial charge in [0, 0.05) is 21.7 Å². The smallest absolute Gasteiger partial charge is 0.252 e. The van der Waals surface area contributed by atoms with E-state index in [-0.39, 0.29) is 11.9 Å². The molecule has 1 aromatic heterocycles. The van der Waals surface area contributed by atoms with Gasteiger partial charge in [0.25, 0.3) is 5.91 Å². The number of carbonyl (C=O) groups excluding carboxylic acids is 1. The van der Waals surface area contributed by atoms with E-state index >= 15 is 0 Å². The molecule has 4 nitrogen and oxygen atoms in total. The van der Waals surface area contributed by atoms with E-state index in [4.69, 9.17) is 0 Å². The number of aromatic nitrogens is 2. The number of rotatable bonds is 4. The third-order valence-electron chi connectivity index (χ3n) is 3.66. The summed E-state index contributed by atoms with van der Waals surface area (Å²) in [5.41, 5.74) is 2.81. The maximum Gasteiger partial charge on any atom is 0.252 e. The van der Waals surface area contributed by atoms with Gasteiger partial charge in [-0.05, 0) is 59.3 Å². The van der Waals surface area contributed by atoms with E-state index in [9.17, 15) is 4.79 Å². The van der Waals surface area contributed by atoms with Crippen LogP contribution < -0.4 is 5.32 Å². The van der Waals surface area contributed by atoms with Crippen molar-refractivity contribution in [2.45, 2.75) is 13.0 Å². The van der Waals surface area contributed by atoms with Gasteiger partial charge in [0.05, 0.1) is 17.9 Å². The average Bonchev–Trinajstić information content (AvgIpc) is 3.09. The molecule has 0 fully saturated rings. The first-order valence-electron chi connectivity index (χ1n) is 7.29. The summed E-state index contributed by atoms with van der Waals surface area (Å²) in [6, 6.07) is 15.6. The Hall–Kier alpha value is -2.15. The highest BCUT2D eigenvalue weighted by molar-refractivity contribution is 14.1. The van der Waals surface area contributed by atoms with Gasteiger partial charge in [-0.2, -0.15) is 0 Å². The van der Waals surface area contributed by atoms with Gasteiger partial charge in [0.15, 0.2) is 0 Å². The maximum absolute atomic E-state index is 12.4. The standard InChI is InChI=1S/C18H16IN3O/c1-13(21-18(23)16-4-2-3-5-17(16)19)14-6-8-15(9-7-14)22-11-10-20-12-22/h2-13H,1H3,(H,21,23). The average molecular weight is 417 g/mol. The summed E-state index contributed by atoms with van der Waals surface area (Å²) in [5, 5.41) is 3.04. The molecule has 0 radical (unpaired) electrons. The molecule has 2 aromatic carbocycles. The first kappa shape index (κ1) is 15.7. The number of carbonyl (C=O) groups is 1. The van der Waals surface area contributed by atoms with Crippen molar-refractivity contribution < 1.29 is 4.79 Å². The minimum Gasteiger partial charge on any atom is -0.345 e. The minimum absolute atomic E-state index is 0.0545. The second-order valence-electron chi connectivity index (χ2n) is 5.24. The lowest BCUT2D eigenvalue weighted by molar-refractivity contribution is 0.0939. The molecule has 1 N–H and O–H groups in total. The number of hydrogen-bond donors (Lipinski definition) is 1. The molecule has 0 aliphatic heterocycles. The van der Waals surface area contributed by atoms with Crippen molar-refractivity contribution in [2.75, 3.05) is 0 Å². The Morgan fingerprint density at radius 3 is 2.57 bits per heavy atom. The van der Waals surface area contributed by atoms with E-state index in [1.165, 1.54) is 0 Å². The van der Waals surface area contributed by atoms with Crippen molar-refractivity contribution in [1.29, 1.82) is 0 Å². The predicted molar refractivity (Wildman–Crippen MR) is 98.6 cm³/mol. The number of imidazole rings is 1. The lowest BCUT2D eigenvalue weighted by Gasteiger charge is -2.15. The Morgan fingerprint density at radius 1 is 1.17 bits per heavy atom. The molecular weight excluding hydrogens is 401 g/mol. The molecule has 1 amide bonds. The van der Waals surface area contributed by atoms with Gasteiger partial charge in [-0.3, -0.25) is 4.79 Å². The second kappa shape index (κ2) is 6.95. The zero-order valence-corrected chi connectivity index (χ0v) is 14.8. The Kier molecular flexibility index (Phi) is 4.76. The zero-order chi connectivity index (χ0) is 16.2. The minimum atomic E-state index is -0.0599. The first-order valence-corrected chi connectivity index (χ1v) is 8.37. The molecule has 1 atom stereocenters. The number of hydrogen-bond acceptors (Lipinski definition) is 2. The van der Waals surface area contributed by atoms with Crippen LogP contribution in [-0.2, 0) is 0 Å². The summed E-state index contributed by atoms with van der Waals surface area (Å²) >= 11 is 2.18. The highest BCUT2D eigenvalue weighted by Gasteiger charge is 2.13. The molecule has 3 aromatic rings. The van der Waals surface area contributed by atoms with Gasteiger partial charge in [-0.1, -0.05) is 24.3 Å². The molecule has 3 rings (SSSR count).